The summed E-state index contributed by atoms with van der Waals surface area (Å²) in [7, 11) is 0. The lowest BCUT2D eigenvalue weighted by molar-refractivity contribution is -0.146. The molecular formula is C25H48O9. The molecule has 0 amide bonds. The van der Waals surface area contributed by atoms with Gasteiger partial charge in [0.2, 0.25) is 0 Å². The van der Waals surface area contributed by atoms with Crippen molar-refractivity contribution < 1.29 is 42.7 Å². The van der Waals surface area contributed by atoms with Gasteiger partial charge in [-0.3, -0.25) is 9.59 Å². The second kappa shape index (κ2) is 28.0. The summed E-state index contributed by atoms with van der Waals surface area (Å²) in [5.41, 5.74) is 0. The molecule has 0 spiro atoms. The van der Waals surface area contributed by atoms with E-state index in [2.05, 4.69) is 13.8 Å². The molecule has 0 N–H and O–H groups in total. The molecule has 202 valence electrons. The summed E-state index contributed by atoms with van der Waals surface area (Å²) in [5.74, 6) is -0.312. The van der Waals surface area contributed by atoms with Crippen molar-refractivity contribution in [3.63, 3.8) is 0 Å². The highest BCUT2D eigenvalue weighted by atomic mass is 16.6. The first-order valence-electron chi connectivity index (χ1n) is 12.9. The lowest BCUT2D eigenvalue weighted by Crippen LogP contribution is -2.15. The van der Waals surface area contributed by atoms with Crippen LogP contribution in [0.1, 0.15) is 71.6 Å². The molecular weight excluding hydrogens is 444 g/mol. The maximum Gasteiger partial charge on any atom is 0.305 e. The van der Waals surface area contributed by atoms with Gasteiger partial charge in [0.1, 0.15) is 13.2 Å². The molecule has 0 aromatic carbocycles. The summed E-state index contributed by atoms with van der Waals surface area (Å²) in [6, 6.07) is 0. The Bertz CT molecular complexity index is 446. The molecule has 0 aromatic rings. The second-order valence-corrected chi connectivity index (χ2v) is 7.77. The van der Waals surface area contributed by atoms with E-state index in [1.165, 1.54) is 0 Å². The number of unbranched alkanes of at least 4 members (excludes halogenated alkanes) is 5. The largest absolute Gasteiger partial charge is 0.463 e. The van der Waals surface area contributed by atoms with Crippen LogP contribution in [0, 0.1) is 0 Å². The third-order valence-corrected chi connectivity index (χ3v) is 4.69. The van der Waals surface area contributed by atoms with Gasteiger partial charge >= 0.3 is 11.9 Å². The van der Waals surface area contributed by atoms with Crippen LogP contribution < -0.4 is 0 Å². The molecule has 0 fully saturated rings. The first-order chi connectivity index (χ1) is 16.7. The second-order valence-electron chi connectivity index (χ2n) is 7.77. The summed E-state index contributed by atoms with van der Waals surface area (Å²) in [6.07, 6.45) is 8.27. The minimum absolute atomic E-state index is 0.152. The summed E-state index contributed by atoms with van der Waals surface area (Å²) in [4.78, 5) is 22.9. The zero-order valence-electron chi connectivity index (χ0n) is 21.5. The molecule has 0 aliphatic heterocycles. The molecule has 9 nitrogen and oxygen atoms in total. The molecule has 0 rings (SSSR count). The van der Waals surface area contributed by atoms with E-state index >= 15 is 0 Å². The van der Waals surface area contributed by atoms with Crippen LogP contribution in [0.3, 0.4) is 0 Å². The number of carbonyl (C=O) groups excluding carboxylic acids is 2. The fraction of sp³-hybridized carbons (Fsp3) is 0.920. The van der Waals surface area contributed by atoms with Gasteiger partial charge in [-0.15, -0.1) is 0 Å². The first-order valence-corrected chi connectivity index (χ1v) is 12.9. The van der Waals surface area contributed by atoms with E-state index in [1.807, 2.05) is 0 Å². The molecule has 0 radical (unpaired) electrons. The monoisotopic (exact) mass is 492 g/mol. The summed E-state index contributed by atoms with van der Waals surface area (Å²) >= 11 is 0. The Labute approximate surface area is 206 Å². The van der Waals surface area contributed by atoms with Crippen molar-refractivity contribution in [3.8, 4) is 0 Å². The number of hydrogen-bond donors (Lipinski definition) is 0. The molecule has 0 heterocycles. The molecule has 9 heteroatoms. The van der Waals surface area contributed by atoms with Crippen molar-refractivity contribution in [3.05, 3.63) is 0 Å². The van der Waals surface area contributed by atoms with Gasteiger partial charge in [0.05, 0.1) is 66.1 Å². The quantitative estimate of drug-likeness (QED) is 0.125. The van der Waals surface area contributed by atoms with Crippen molar-refractivity contribution in [2.75, 3.05) is 79.3 Å². The Kier molecular flexibility index (Phi) is 26.9. The number of rotatable bonds is 27. The lowest BCUT2D eigenvalue weighted by atomic mass is 10.2. The fourth-order valence-electron chi connectivity index (χ4n) is 2.77. The Morgan fingerprint density at radius 3 is 1.06 bits per heavy atom. The molecule has 0 saturated carbocycles. The maximum atomic E-state index is 11.5. The number of hydrogen-bond acceptors (Lipinski definition) is 9. The van der Waals surface area contributed by atoms with E-state index in [4.69, 9.17) is 33.2 Å². The number of esters is 2. The minimum atomic E-state index is -0.159. The number of ether oxygens (including phenoxy) is 7. The van der Waals surface area contributed by atoms with Crippen LogP contribution in [0.5, 0.6) is 0 Å². The summed E-state index contributed by atoms with van der Waals surface area (Å²) in [6.45, 7) is 9.35. The third kappa shape index (κ3) is 27.0. The highest BCUT2D eigenvalue weighted by Gasteiger charge is 2.03. The Hall–Kier alpha value is -1.26. The van der Waals surface area contributed by atoms with E-state index < -0.39 is 0 Å². The van der Waals surface area contributed by atoms with E-state index in [-0.39, 0.29) is 25.2 Å². The predicted molar refractivity (Wildman–Crippen MR) is 129 cm³/mol. The van der Waals surface area contributed by atoms with Crippen molar-refractivity contribution in [2.24, 2.45) is 0 Å². The zero-order chi connectivity index (χ0) is 25.0. The molecule has 0 bridgehead atoms. The van der Waals surface area contributed by atoms with Crippen molar-refractivity contribution in [2.45, 2.75) is 71.6 Å². The summed E-state index contributed by atoms with van der Waals surface area (Å²) < 4.78 is 37.1. The smallest absolute Gasteiger partial charge is 0.305 e. The topological polar surface area (TPSA) is 98.8 Å². The van der Waals surface area contributed by atoms with Crippen LogP contribution in [0.4, 0.5) is 0 Å². The standard InChI is InChI=1S/C25H48O9/c1-3-5-7-9-11-25(27)34-23-21-32-19-17-30-15-13-28-12-14-29-16-18-31-20-22-33-24(26)10-8-6-4-2/h3-23H2,1-2H3. The van der Waals surface area contributed by atoms with E-state index in [0.717, 1.165) is 44.9 Å². The van der Waals surface area contributed by atoms with E-state index in [0.29, 0.717) is 78.9 Å². The minimum Gasteiger partial charge on any atom is -0.463 e. The normalized spacial score (nSPS) is 11.0. The van der Waals surface area contributed by atoms with Crippen LogP contribution in [0.15, 0.2) is 0 Å². The Morgan fingerprint density at radius 1 is 0.412 bits per heavy atom. The molecule has 0 saturated heterocycles. The highest BCUT2D eigenvalue weighted by molar-refractivity contribution is 5.69. The lowest BCUT2D eigenvalue weighted by Gasteiger charge is -2.08. The van der Waals surface area contributed by atoms with Gasteiger partial charge in [-0.2, -0.15) is 0 Å². The van der Waals surface area contributed by atoms with Crippen molar-refractivity contribution in [1.82, 2.24) is 0 Å². The van der Waals surface area contributed by atoms with Crippen LogP contribution in [0.25, 0.3) is 0 Å². The molecule has 34 heavy (non-hydrogen) atoms. The first kappa shape index (κ1) is 32.7. The predicted octanol–water partition coefficient (Wildman–Crippen LogP) is 3.71. The molecule has 0 aromatic heterocycles. The zero-order valence-corrected chi connectivity index (χ0v) is 21.5. The van der Waals surface area contributed by atoms with Crippen molar-refractivity contribution >= 4 is 11.9 Å². The average Bonchev–Trinajstić information content (AvgIpc) is 2.83. The van der Waals surface area contributed by atoms with Gasteiger partial charge in [0, 0.05) is 12.8 Å². The van der Waals surface area contributed by atoms with Gasteiger partial charge in [-0.05, 0) is 12.8 Å². The van der Waals surface area contributed by atoms with Gasteiger partial charge < -0.3 is 33.2 Å². The van der Waals surface area contributed by atoms with Gasteiger partial charge in [-0.1, -0.05) is 46.0 Å². The van der Waals surface area contributed by atoms with Gasteiger partial charge in [0.15, 0.2) is 0 Å². The van der Waals surface area contributed by atoms with E-state index in [9.17, 15) is 9.59 Å². The molecule has 0 aliphatic rings. The molecule has 0 aliphatic carbocycles. The van der Waals surface area contributed by atoms with Crippen molar-refractivity contribution in [1.29, 1.82) is 0 Å². The Morgan fingerprint density at radius 2 is 0.706 bits per heavy atom. The van der Waals surface area contributed by atoms with Crippen LogP contribution >= 0.6 is 0 Å². The Balaban J connectivity index is 3.14. The highest BCUT2D eigenvalue weighted by Crippen LogP contribution is 2.03. The van der Waals surface area contributed by atoms with Gasteiger partial charge in [0.25, 0.3) is 0 Å². The van der Waals surface area contributed by atoms with Gasteiger partial charge in [-0.25, -0.2) is 0 Å². The maximum absolute atomic E-state index is 11.5. The molecule has 0 unspecified atom stereocenters. The van der Waals surface area contributed by atoms with Crippen LogP contribution in [-0.2, 0) is 42.7 Å². The van der Waals surface area contributed by atoms with E-state index in [1.54, 1.807) is 0 Å². The van der Waals surface area contributed by atoms with Crippen LogP contribution in [0.2, 0.25) is 0 Å². The fourth-order valence-corrected chi connectivity index (χ4v) is 2.77. The SMILES string of the molecule is CCCCCCC(=O)OCCOCCOCCOCCOCCOCCOC(=O)CCCCC. The van der Waals surface area contributed by atoms with Crippen LogP contribution in [-0.4, -0.2) is 91.2 Å². The summed E-state index contributed by atoms with van der Waals surface area (Å²) in [5, 5.41) is 0. The third-order valence-electron chi connectivity index (χ3n) is 4.69. The average molecular weight is 493 g/mol. The number of carbonyl (C=O) groups is 2. The molecule has 0 atom stereocenters.